The second-order valence-corrected chi connectivity index (χ2v) is 5.77. The number of carbonyl (C=O) groups excluding carboxylic acids is 1. The molecule has 4 heteroatoms. The van der Waals surface area contributed by atoms with Crippen molar-refractivity contribution < 1.29 is 9.53 Å². The Kier molecular flexibility index (Phi) is 4.66. The molecule has 0 fully saturated rings. The zero-order valence-electron chi connectivity index (χ0n) is 10.6. The topological polar surface area (TPSA) is 26.3 Å². The molecule has 19 heavy (non-hydrogen) atoms. The number of benzene rings is 2. The molecule has 2 aromatic carbocycles. The third-order valence-electron chi connectivity index (χ3n) is 2.61. The molecule has 98 valence electrons. The van der Waals surface area contributed by atoms with Crippen LogP contribution in [0.15, 0.2) is 51.8 Å². The summed E-state index contributed by atoms with van der Waals surface area (Å²) in [5.74, 6) is 1.28. The van der Waals surface area contributed by atoms with Crippen molar-refractivity contribution in [3.8, 4) is 11.5 Å². The highest BCUT2D eigenvalue weighted by molar-refractivity contribution is 9.10. The lowest BCUT2D eigenvalue weighted by Gasteiger charge is -2.10. The first-order valence-electron chi connectivity index (χ1n) is 5.72. The lowest BCUT2D eigenvalue weighted by molar-refractivity contribution is 0.101. The van der Waals surface area contributed by atoms with E-state index in [1.54, 1.807) is 23.9 Å². The standard InChI is InChI=1S/C15H13BrO2S/c1-10(17)14-9-11(16)3-8-15(14)18-12-4-6-13(19-2)7-5-12/h3-9H,1-2H3. The van der Waals surface area contributed by atoms with Gasteiger partial charge in [0.1, 0.15) is 11.5 Å². The van der Waals surface area contributed by atoms with Crippen LogP contribution in [0, 0.1) is 0 Å². The zero-order chi connectivity index (χ0) is 13.8. The summed E-state index contributed by atoms with van der Waals surface area (Å²) in [5.41, 5.74) is 0.573. The summed E-state index contributed by atoms with van der Waals surface area (Å²) in [6.45, 7) is 1.53. The quantitative estimate of drug-likeness (QED) is 0.569. The van der Waals surface area contributed by atoms with E-state index >= 15 is 0 Å². The minimum atomic E-state index is -0.0166. The minimum Gasteiger partial charge on any atom is -0.457 e. The van der Waals surface area contributed by atoms with Crippen LogP contribution in [-0.4, -0.2) is 12.0 Å². The molecule has 0 aliphatic heterocycles. The maximum atomic E-state index is 11.6. The van der Waals surface area contributed by atoms with Crippen LogP contribution in [0.5, 0.6) is 11.5 Å². The Morgan fingerprint density at radius 2 is 1.84 bits per heavy atom. The highest BCUT2D eigenvalue weighted by atomic mass is 79.9. The minimum absolute atomic E-state index is 0.0166. The molecule has 0 spiro atoms. The highest BCUT2D eigenvalue weighted by Crippen LogP contribution is 2.29. The van der Waals surface area contributed by atoms with Crippen LogP contribution in [-0.2, 0) is 0 Å². The molecule has 0 aliphatic rings. The molecule has 0 bridgehead atoms. The molecule has 2 aromatic rings. The molecular formula is C15H13BrO2S. The number of rotatable bonds is 4. The summed E-state index contributed by atoms with van der Waals surface area (Å²) in [6, 6.07) is 13.2. The summed E-state index contributed by atoms with van der Waals surface area (Å²) < 4.78 is 6.64. The number of thioether (sulfide) groups is 1. The molecule has 0 unspecified atom stereocenters. The Balaban J connectivity index is 2.29. The van der Waals surface area contributed by atoms with E-state index in [0.29, 0.717) is 11.3 Å². The Hall–Kier alpha value is -1.26. The first-order valence-corrected chi connectivity index (χ1v) is 7.74. The van der Waals surface area contributed by atoms with Crippen LogP contribution >= 0.6 is 27.7 Å². The fourth-order valence-corrected chi connectivity index (χ4v) is 2.41. The van der Waals surface area contributed by atoms with Crippen LogP contribution in [0.2, 0.25) is 0 Å². The number of ether oxygens (including phenoxy) is 1. The fraction of sp³-hybridized carbons (Fsp3) is 0.133. The van der Waals surface area contributed by atoms with E-state index in [1.807, 2.05) is 36.6 Å². The van der Waals surface area contributed by atoms with Crippen molar-refractivity contribution in [2.45, 2.75) is 11.8 Å². The maximum absolute atomic E-state index is 11.6. The third kappa shape index (κ3) is 3.61. The molecule has 2 rings (SSSR count). The molecule has 0 aliphatic carbocycles. The Morgan fingerprint density at radius 1 is 1.16 bits per heavy atom. The van der Waals surface area contributed by atoms with Crippen molar-refractivity contribution >= 4 is 33.5 Å². The van der Waals surface area contributed by atoms with E-state index in [0.717, 1.165) is 10.2 Å². The van der Waals surface area contributed by atoms with Gasteiger partial charge in [0.2, 0.25) is 0 Å². The number of hydrogen-bond acceptors (Lipinski definition) is 3. The van der Waals surface area contributed by atoms with Gasteiger partial charge in [-0.15, -0.1) is 11.8 Å². The van der Waals surface area contributed by atoms with E-state index in [-0.39, 0.29) is 5.78 Å². The van der Waals surface area contributed by atoms with Gasteiger partial charge in [0, 0.05) is 9.37 Å². The summed E-state index contributed by atoms with van der Waals surface area (Å²) in [5, 5.41) is 0. The van der Waals surface area contributed by atoms with Gasteiger partial charge in [0.15, 0.2) is 5.78 Å². The van der Waals surface area contributed by atoms with Gasteiger partial charge in [-0.05, 0) is 55.6 Å². The Bertz CT molecular complexity index is 594. The Labute approximate surface area is 125 Å². The van der Waals surface area contributed by atoms with Crippen molar-refractivity contribution in [1.29, 1.82) is 0 Å². The zero-order valence-corrected chi connectivity index (χ0v) is 13.0. The van der Waals surface area contributed by atoms with Gasteiger partial charge in [-0.2, -0.15) is 0 Å². The summed E-state index contributed by atoms with van der Waals surface area (Å²) in [6.07, 6.45) is 2.03. The van der Waals surface area contributed by atoms with Gasteiger partial charge in [0.25, 0.3) is 0 Å². The van der Waals surface area contributed by atoms with Gasteiger partial charge in [-0.1, -0.05) is 15.9 Å². The van der Waals surface area contributed by atoms with E-state index in [2.05, 4.69) is 15.9 Å². The molecule has 2 nitrogen and oxygen atoms in total. The number of Topliss-reactive ketones (excluding diaryl/α,β-unsaturated/α-hetero) is 1. The van der Waals surface area contributed by atoms with E-state index in [4.69, 9.17) is 4.74 Å². The molecule has 0 N–H and O–H groups in total. The van der Waals surface area contributed by atoms with Crippen molar-refractivity contribution in [3.05, 3.63) is 52.5 Å². The van der Waals surface area contributed by atoms with Gasteiger partial charge in [-0.25, -0.2) is 0 Å². The molecule has 0 atom stereocenters. The fourth-order valence-electron chi connectivity index (χ4n) is 1.64. The summed E-state index contributed by atoms with van der Waals surface area (Å²) in [4.78, 5) is 12.8. The smallest absolute Gasteiger partial charge is 0.163 e. The second-order valence-electron chi connectivity index (χ2n) is 3.97. The molecule has 0 radical (unpaired) electrons. The lowest BCUT2D eigenvalue weighted by atomic mass is 10.1. The third-order valence-corrected chi connectivity index (χ3v) is 3.84. The molecular weight excluding hydrogens is 324 g/mol. The highest BCUT2D eigenvalue weighted by Gasteiger charge is 2.10. The lowest BCUT2D eigenvalue weighted by Crippen LogP contribution is -1.97. The van der Waals surface area contributed by atoms with Crippen LogP contribution < -0.4 is 4.74 Å². The molecule has 0 heterocycles. The molecule has 0 aromatic heterocycles. The summed E-state index contributed by atoms with van der Waals surface area (Å²) >= 11 is 5.04. The average Bonchev–Trinajstić information content (AvgIpc) is 2.41. The van der Waals surface area contributed by atoms with E-state index in [1.165, 1.54) is 11.8 Å². The SMILES string of the molecule is CSc1ccc(Oc2ccc(Br)cc2C(C)=O)cc1. The monoisotopic (exact) mass is 336 g/mol. The first kappa shape index (κ1) is 14.2. The number of carbonyl (C=O) groups is 1. The average molecular weight is 337 g/mol. The van der Waals surface area contributed by atoms with Crippen LogP contribution in [0.1, 0.15) is 17.3 Å². The number of ketones is 1. The Morgan fingerprint density at radius 3 is 2.42 bits per heavy atom. The molecule has 0 saturated heterocycles. The van der Waals surface area contributed by atoms with Crippen LogP contribution in [0.4, 0.5) is 0 Å². The molecule has 0 amide bonds. The van der Waals surface area contributed by atoms with E-state index < -0.39 is 0 Å². The van der Waals surface area contributed by atoms with E-state index in [9.17, 15) is 4.79 Å². The van der Waals surface area contributed by atoms with Gasteiger partial charge in [-0.3, -0.25) is 4.79 Å². The first-order chi connectivity index (χ1) is 9.10. The van der Waals surface area contributed by atoms with Gasteiger partial charge in [0.05, 0.1) is 5.56 Å². The predicted molar refractivity (Wildman–Crippen MR) is 82.4 cm³/mol. The van der Waals surface area contributed by atoms with Crippen LogP contribution in [0.3, 0.4) is 0 Å². The molecule has 0 saturated carbocycles. The number of halogens is 1. The van der Waals surface area contributed by atoms with Gasteiger partial charge < -0.3 is 4.74 Å². The second kappa shape index (κ2) is 6.26. The van der Waals surface area contributed by atoms with Crippen LogP contribution in [0.25, 0.3) is 0 Å². The van der Waals surface area contributed by atoms with Gasteiger partial charge >= 0.3 is 0 Å². The van der Waals surface area contributed by atoms with Crippen molar-refractivity contribution in [3.63, 3.8) is 0 Å². The van der Waals surface area contributed by atoms with Crippen molar-refractivity contribution in [2.75, 3.05) is 6.26 Å². The van der Waals surface area contributed by atoms with Crippen molar-refractivity contribution in [1.82, 2.24) is 0 Å². The summed E-state index contributed by atoms with van der Waals surface area (Å²) in [7, 11) is 0. The normalized spacial score (nSPS) is 10.3. The predicted octanol–water partition coefficient (Wildman–Crippen LogP) is 5.17. The number of hydrogen-bond donors (Lipinski definition) is 0. The maximum Gasteiger partial charge on any atom is 0.163 e. The van der Waals surface area contributed by atoms with Crippen molar-refractivity contribution in [2.24, 2.45) is 0 Å². The largest absolute Gasteiger partial charge is 0.457 e.